The van der Waals surface area contributed by atoms with Crippen molar-refractivity contribution < 1.29 is 28.6 Å². The maximum absolute atomic E-state index is 12.2. The van der Waals surface area contributed by atoms with Crippen LogP contribution in [0.1, 0.15) is 97.1 Å². The van der Waals surface area contributed by atoms with E-state index in [1.54, 1.807) is 12.1 Å². The Morgan fingerprint density at radius 2 is 1.52 bits per heavy atom. The maximum atomic E-state index is 12.2. The first-order valence-corrected chi connectivity index (χ1v) is 15.8. The molecule has 0 bridgehead atoms. The number of allylic oxidation sites excluding steroid dienone is 4. The van der Waals surface area contributed by atoms with Gasteiger partial charge in [-0.3, -0.25) is 6.08 Å². The van der Waals surface area contributed by atoms with Crippen molar-refractivity contribution in [3.05, 3.63) is 118 Å². The molecule has 0 heterocycles. The molecule has 0 N–H and O–H groups in total. The van der Waals surface area contributed by atoms with E-state index in [1.165, 1.54) is 80.9 Å². The summed E-state index contributed by atoms with van der Waals surface area (Å²) in [7, 11) is 0. The van der Waals surface area contributed by atoms with Gasteiger partial charge >= 0.3 is 68.0 Å². The molecule has 0 fully saturated rings. The zero-order valence-corrected chi connectivity index (χ0v) is 28.5. The average molecular weight is 612 g/mol. The standard InChI is InChI=1S/C21H25.C10H15.C7H5F.Zr/c1-20(2,3)16-7-9-18-14(12-16)11-15-13-17(21(4,5)6)8-10-19(15)18;1-7(2)10-6-8(3)5-9(10)4;1-6-2-4-7(8)5-3-6;/h7-10,12H,11H2,1-6H3;6-8H,1-4H3;1-5H;/q2*-1;;+2. The summed E-state index contributed by atoms with van der Waals surface area (Å²) in [5.74, 6) is 1.03. The van der Waals surface area contributed by atoms with Gasteiger partial charge in [0.1, 0.15) is 0 Å². The van der Waals surface area contributed by atoms with E-state index in [1.807, 2.05) is 3.71 Å². The van der Waals surface area contributed by atoms with Gasteiger partial charge in [0.15, 0.2) is 0 Å². The summed E-state index contributed by atoms with van der Waals surface area (Å²) in [6.45, 7) is 22.4. The van der Waals surface area contributed by atoms with Crippen LogP contribution in [0, 0.1) is 29.8 Å². The molecule has 40 heavy (non-hydrogen) atoms. The molecule has 0 saturated carbocycles. The third-order valence-corrected chi connectivity index (χ3v) is 8.25. The summed E-state index contributed by atoms with van der Waals surface area (Å²) >= 11 is 1.34. The zero-order chi connectivity index (χ0) is 29.8. The van der Waals surface area contributed by atoms with Gasteiger partial charge in [0.25, 0.3) is 0 Å². The summed E-state index contributed by atoms with van der Waals surface area (Å²) in [6.07, 6.45) is 6.70. The van der Waals surface area contributed by atoms with Crippen LogP contribution in [0.2, 0.25) is 0 Å². The molecule has 0 saturated heterocycles. The third-order valence-electron chi connectivity index (χ3n) is 7.43. The van der Waals surface area contributed by atoms with Crippen LogP contribution in [0.15, 0.2) is 71.8 Å². The predicted molar refractivity (Wildman–Crippen MR) is 167 cm³/mol. The average Bonchev–Trinajstić information content (AvgIpc) is 3.42. The fourth-order valence-corrected chi connectivity index (χ4v) is 5.55. The fourth-order valence-electron chi connectivity index (χ4n) is 5.07. The molecule has 0 radical (unpaired) electrons. The molecule has 0 nitrogen and oxygen atoms in total. The van der Waals surface area contributed by atoms with Crippen molar-refractivity contribution in [2.45, 2.75) is 86.5 Å². The molecule has 0 amide bonds. The SMILES string of the molecule is CC(C)(C)c1[c-]c2c(cc1)-c1ccc(C(C)(C)C)cc1C2.CC1=[C-]C(C)C=C1C(C)C.Fc1ccc([CH]=[Zr+2])cc1. The van der Waals surface area contributed by atoms with Crippen LogP contribution < -0.4 is 0 Å². The monoisotopic (exact) mass is 610 g/mol. The summed E-state index contributed by atoms with van der Waals surface area (Å²) < 4.78 is 14.2. The van der Waals surface area contributed by atoms with Crippen molar-refractivity contribution in [1.29, 1.82) is 0 Å². The van der Waals surface area contributed by atoms with Gasteiger partial charge in [0.2, 0.25) is 0 Å². The number of halogens is 1. The van der Waals surface area contributed by atoms with Gasteiger partial charge in [-0.1, -0.05) is 105 Å². The second-order valence-electron chi connectivity index (χ2n) is 13.3. The van der Waals surface area contributed by atoms with E-state index in [0.717, 1.165) is 12.0 Å². The Morgan fingerprint density at radius 1 is 0.900 bits per heavy atom. The van der Waals surface area contributed by atoms with Gasteiger partial charge < -0.3 is 0 Å². The Bertz CT molecular complexity index is 1330. The normalized spacial score (nSPS) is 15.7. The number of hydrogen-bond donors (Lipinski definition) is 0. The van der Waals surface area contributed by atoms with Gasteiger partial charge in [-0.2, -0.15) is 35.4 Å². The van der Waals surface area contributed by atoms with Gasteiger partial charge in [0, 0.05) is 0 Å². The van der Waals surface area contributed by atoms with E-state index in [2.05, 4.69) is 118 Å². The zero-order valence-electron chi connectivity index (χ0n) is 26.1. The van der Waals surface area contributed by atoms with Crippen LogP contribution in [-0.2, 0) is 41.5 Å². The first-order valence-electron chi connectivity index (χ1n) is 14.4. The van der Waals surface area contributed by atoms with E-state index in [9.17, 15) is 4.39 Å². The van der Waals surface area contributed by atoms with Crippen molar-refractivity contribution >= 4 is 3.71 Å². The van der Waals surface area contributed by atoms with Gasteiger partial charge in [0.05, 0.1) is 0 Å². The van der Waals surface area contributed by atoms with Gasteiger partial charge in [-0.15, -0.1) is 11.1 Å². The minimum absolute atomic E-state index is 0.167. The Kier molecular flexibility index (Phi) is 10.7. The minimum atomic E-state index is -0.170. The first kappa shape index (κ1) is 32.3. The molecule has 1 atom stereocenters. The van der Waals surface area contributed by atoms with E-state index in [4.69, 9.17) is 0 Å². The third kappa shape index (κ3) is 8.42. The summed E-state index contributed by atoms with van der Waals surface area (Å²) in [6, 6.07) is 21.6. The van der Waals surface area contributed by atoms with Crippen molar-refractivity contribution in [1.82, 2.24) is 0 Å². The van der Waals surface area contributed by atoms with Crippen LogP contribution in [0.5, 0.6) is 0 Å². The molecule has 3 aromatic rings. The molecule has 208 valence electrons. The molecular weight excluding hydrogens is 567 g/mol. The Labute approximate surface area is 258 Å². The fraction of sp³-hybridized carbons (Fsp3) is 0.395. The topological polar surface area (TPSA) is 0 Å². The number of hydrogen-bond acceptors (Lipinski definition) is 0. The van der Waals surface area contributed by atoms with Crippen LogP contribution in [0.4, 0.5) is 4.39 Å². The molecular formula is C38H45FZr. The van der Waals surface area contributed by atoms with E-state index < -0.39 is 0 Å². The second-order valence-corrected chi connectivity index (χ2v) is 14.1. The molecule has 0 aliphatic heterocycles. The summed E-state index contributed by atoms with van der Waals surface area (Å²) in [5.41, 5.74) is 12.6. The van der Waals surface area contributed by atoms with Crippen molar-refractivity contribution in [2.24, 2.45) is 11.8 Å². The Morgan fingerprint density at radius 3 is 2.00 bits per heavy atom. The van der Waals surface area contributed by atoms with E-state index >= 15 is 0 Å². The van der Waals surface area contributed by atoms with Gasteiger partial charge in [-0.25, -0.2) is 5.57 Å². The van der Waals surface area contributed by atoms with Crippen LogP contribution in [-0.4, -0.2) is 3.71 Å². The van der Waals surface area contributed by atoms with Crippen LogP contribution >= 0.6 is 0 Å². The van der Waals surface area contributed by atoms with E-state index in [-0.39, 0.29) is 16.6 Å². The Balaban J connectivity index is 0.000000193. The summed E-state index contributed by atoms with van der Waals surface area (Å²) in [5, 5.41) is 0. The number of benzene rings is 3. The van der Waals surface area contributed by atoms with Crippen molar-refractivity contribution in [3.63, 3.8) is 0 Å². The van der Waals surface area contributed by atoms with E-state index in [0.29, 0.717) is 11.8 Å². The molecule has 2 aliphatic carbocycles. The molecule has 0 aromatic heterocycles. The number of rotatable bonds is 2. The molecule has 2 aliphatic rings. The van der Waals surface area contributed by atoms with Crippen LogP contribution in [0.25, 0.3) is 11.1 Å². The summed E-state index contributed by atoms with van der Waals surface area (Å²) in [4.78, 5) is 0. The molecule has 5 rings (SSSR count). The Hall–Kier alpha value is -2.18. The van der Waals surface area contributed by atoms with Crippen molar-refractivity contribution in [3.8, 4) is 11.1 Å². The first-order chi connectivity index (χ1) is 18.6. The number of fused-ring (bicyclic) bond motifs is 3. The second kappa shape index (κ2) is 13.2. The molecule has 1 unspecified atom stereocenters. The van der Waals surface area contributed by atoms with Crippen molar-refractivity contribution in [2.75, 3.05) is 0 Å². The molecule has 2 heteroatoms. The quantitative estimate of drug-likeness (QED) is 0.198. The molecule has 3 aromatic carbocycles. The van der Waals surface area contributed by atoms with Gasteiger partial charge in [-0.05, 0) is 28.4 Å². The van der Waals surface area contributed by atoms with Crippen LogP contribution in [0.3, 0.4) is 0 Å². The predicted octanol–water partition coefficient (Wildman–Crippen LogP) is 10.1. The molecule has 0 spiro atoms.